The zero-order chi connectivity index (χ0) is 14.4. The summed E-state index contributed by atoms with van der Waals surface area (Å²) < 4.78 is 13.7. The van der Waals surface area contributed by atoms with Crippen LogP contribution in [0.25, 0.3) is 0 Å². The topological polar surface area (TPSA) is 46.3 Å². The maximum Gasteiger partial charge on any atom is 0.225 e. The third kappa shape index (κ3) is 2.50. The Morgan fingerprint density at radius 1 is 1.37 bits per heavy atom. The molecule has 0 saturated carbocycles. The van der Waals surface area contributed by atoms with Gasteiger partial charge in [0.25, 0.3) is 0 Å². The molecule has 2 unspecified atom stereocenters. The Labute approximate surface area is 113 Å². The molecule has 0 aliphatic carbocycles. The highest BCUT2D eigenvalue weighted by molar-refractivity contribution is 5.81. The van der Waals surface area contributed by atoms with Crippen LogP contribution >= 0.6 is 0 Å². The number of benzene rings is 1. The Bertz CT molecular complexity index is 507. The minimum atomic E-state index is -0.322. The summed E-state index contributed by atoms with van der Waals surface area (Å²) >= 11 is 0. The number of hydrogen-bond donors (Lipinski definition) is 1. The maximum atomic E-state index is 13.7. The number of nitrogens with two attached hydrogens (primary N) is 1. The van der Waals surface area contributed by atoms with E-state index in [0.29, 0.717) is 12.0 Å². The van der Waals surface area contributed by atoms with Crippen LogP contribution in [0.4, 0.5) is 4.39 Å². The molecular weight excluding hydrogens is 243 g/mol. The number of rotatable bonds is 1. The van der Waals surface area contributed by atoms with Crippen LogP contribution in [0.2, 0.25) is 0 Å². The smallest absolute Gasteiger partial charge is 0.225 e. The second kappa shape index (κ2) is 4.60. The first-order chi connectivity index (χ1) is 8.71. The quantitative estimate of drug-likeness (QED) is 0.847. The van der Waals surface area contributed by atoms with E-state index in [1.54, 1.807) is 17.9 Å². The van der Waals surface area contributed by atoms with E-state index in [9.17, 15) is 9.18 Å². The third-order valence-electron chi connectivity index (χ3n) is 3.62. The lowest BCUT2D eigenvalue weighted by Gasteiger charge is -2.38. The van der Waals surface area contributed by atoms with Gasteiger partial charge in [0.1, 0.15) is 5.82 Å². The summed E-state index contributed by atoms with van der Waals surface area (Å²) in [7, 11) is 0. The van der Waals surface area contributed by atoms with E-state index in [0.717, 1.165) is 5.56 Å². The van der Waals surface area contributed by atoms with Crippen molar-refractivity contribution in [2.24, 2.45) is 5.73 Å². The van der Waals surface area contributed by atoms with Crippen molar-refractivity contribution in [1.29, 1.82) is 0 Å². The van der Waals surface area contributed by atoms with E-state index >= 15 is 0 Å². The zero-order valence-corrected chi connectivity index (χ0v) is 11.9. The number of aryl methyl sites for hydroxylation is 1. The van der Waals surface area contributed by atoms with Crippen LogP contribution in [0.1, 0.15) is 44.4 Å². The Morgan fingerprint density at radius 3 is 2.53 bits per heavy atom. The zero-order valence-electron chi connectivity index (χ0n) is 11.9. The summed E-state index contributed by atoms with van der Waals surface area (Å²) in [6.07, 6.45) is 0.317. The predicted molar refractivity (Wildman–Crippen MR) is 73.1 cm³/mol. The fraction of sp³-hybridized carbons (Fsp3) is 0.533. The number of nitrogens with zero attached hydrogens (tertiary/aromatic N) is 1. The van der Waals surface area contributed by atoms with Gasteiger partial charge in [0.2, 0.25) is 5.91 Å². The Morgan fingerprint density at radius 2 is 2.00 bits per heavy atom. The van der Waals surface area contributed by atoms with Crippen molar-refractivity contribution in [2.75, 3.05) is 0 Å². The van der Waals surface area contributed by atoms with Gasteiger partial charge in [-0.1, -0.05) is 12.1 Å². The van der Waals surface area contributed by atoms with E-state index in [1.807, 2.05) is 26.8 Å². The molecule has 4 heteroatoms. The molecule has 2 atom stereocenters. The van der Waals surface area contributed by atoms with Gasteiger partial charge in [-0.2, -0.15) is 0 Å². The van der Waals surface area contributed by atoms with E-state index in [-0.39, 0.29) is 29.3 Å². The van der Waals surface area contributed by atoms with Gasteiger partial charge < -0.3 is 10.6 Å². The van der Waals surface area contributed by atoms with Gasteiger partial charge in [0.05, 0.1) is 6.04 Å². The lowest BCUT2D eigenvalue weighted by Crippen LogP contribution is -2.45. The van der Waals surface area contributed by atoms with E-state index in [4.69, 9.17) is 5.73 Å². The largest absolute Gasteiger partial charge is 0.329 e. The van der Waals surface area contributed by atoms with Crippen molar-refractivity contribution in [3.05, 3.63) is 35.1 Å². The highest BCUT2D eigenvalue weighted by Crippen LogP contribution is 2.37. The molecule has 1 fully saturated rings. The van der Waals surface area contributed by atoms with Crippen molar-refractivity contribution in [3.63, 3.8) is 0 Å². The van der Waals surface area contributed by atoms with E-state index < -0.39 is 0 Å². The summed E-state index contributed by atoms with van der Waals surface area (Å²) in [4.78, 5) is 13.9. The van der Waals surface area contributed by atoms with Crippen LogP contribution in [0.3, 0.4) is 0 Å². The number of hydrogen-bond acceptors (Lipinski definition) is 2. The van der Waals surface area contributed by atoms with Gasteiger partial charge in [-0.05, 0) is 44.9 Å². The summed E-state index contributed by atoms with van der Waals surface area (Å²) in [5.74, 6) is -0.219. The highest BCUT2D eigenvalue weighted by Gasteiger charge is 2.43. The molecule has 19 heavy (non-hydrogen) atoms. The lowest BCUT2D eigenvalue weighted by atomic mass is 9.96. The molecule has 0 spiro atoms. The third-order valence-corrected chi connectivity index (χ3v) is 3.62. The molecule has 1 aliphatic heterocycles. The fourth-order valence-electron chi connectivity index (χ4n) is 2.74. The standard InChI is InChI=1S/C15H21FN2O/c1-9-5-6-10(7-11(9)16)14-12(17)8-13(19)18(14)15(2,3)4/h5-7,12,14H,8,17H2,1-4H3. The molecule has 3 nitrogen and oxygen atoms in total. The normalized spacial score (nSPS) is 24.1. The van der Waals surface area contributed by atoms with Gasteiger partial charge >= 0.3 is 0 Å². The molecule has 104 valence electrons. The molecule has 2 N–H and O–H groups in total. The first kappa shape index (κ1) is 14.0. The van der Waals surface area contributed by atoms with Crippen molar-refractivity contribution in [2.45, 2.75) is 51.7 Å². The molecule has 2 rings (SSSR count). The lowest BCUT2D eigenvalue weighted by molar-refractivity contribution is -0.133. The predicted octanol–water partition coefficient (Wildman–Crippen LogP) is 2.53. The first-order valence-electron chi connectivity index (χ1n) is 6.55. The van der Waals surface area contributed by atoms with Crippen LogP contribution < -0.4 is 5.73 Å². The van der Waals surface area contributed by atoms with Gasteiger partial charge in [-0.3, -0.25) is 4.79 Å². The monoisotopic (exact) mass is 264 g/mol. The van der Waals surface area contributed by atoms with Crippen molar-refractivity contribution >= 4 is 5.91 Å². The average Bonchev–Trinajstić information content (AvgIpc) is 2.57. The minimum Gasteiger partial charge on any atom is -0.329 e. The summed E-state index contributed by atoms with van der Waals surface area (Å²) in [5.41, 5.74) is 7.14. The van der Waals surface area contributed by atoms with Crippen LogP contribution in [-0.2, 0) is 4.79 Å². The Kier molecular flexibility index (Phi) is 3.39. The number of likely N-dealkylation sites (tertiary alicyclic amines) is 1. The van der Waals surface area contributed by atoms with Gasteiger partial charge in [0, 0.05) is 18.0 Å². The van der Waals surface area contributed by atoms with Crippen LogP contribution in [0, 0.1) is 12.7 Å². The van der Waals surface area contributed by atoms with Crippen molar-refractivity contribution in [1.82, 2.24) is 4.90 Å². The second-order valence-electron chi connectivity index (χ2n) is 6.26. The molecule has 0 radical (unpaired) electrons. The highest BCUT2D eigenvalue weighted by atomic mass is 19.1. The molecular formula is C15H21FN2O. The second-order valence-corrected chi connectivity index (χ2v) is 6.26. The Hall–Kier alpha value is -1.42. The molecule has 1 aromatic rings. The average molecular weight is 264 g/mol. The molecule has 0 aromatic heterocycles. The molecule has 1 amide bonds. The summed E-state index contributed by atoms with van der Waals surface area (Å²) in [6, 6.07) is 4.56. The number of carbonyl (C=O) groups excluding carboxylic acids is 1. The van der Waals surface area contributed by atoms with Gasteiger partial charge in [0.15, 0.2) is 0 Å². The molecule has 1 aromatic carbocycles. The molecule has 1 heterocycles. The molecule has 1 saturated heterocycles. The maximum absolute atomic E-state index is 13.7. The minimum absolute atomic E-state index is 0.0333. The number of halogens is 1. The summed E-state index contributed by atoms with van der Waals surface area (Å²) in [6.45, 7) is 7.64. The number of amides is 1. The first-order valence-corrected chi connectivity index (χ1v) is 6.55. The fourth-order valence-corrected chi connectivity index (χ4v) is 2.74. The van der Waals surface area contributed by atoms with Crippen LogP contribution in [0.5, 0.6) is 0 Å². The van der Waals surface area contributed by atoms with E-state index in [2.05, 4.69) is 0 Å². The molecule has 1 aliphatic rings. The number of carbonyl (C=O) groups is 1. The van der Waals surface area contributed by atoms with Crippen LogP contribution in [0.15, 0.2) is 18.2 Å². The van der Waals surface area contributed by atoms with Crippen molar-refractivity contribution in [3.8, 4) is 0 Å². The van der Waals surface area contributed by atoms with Crippen molar-refractivity contribution < 1.29 is 9.18 Å². The van der Waals surface area contributed by atoms with Crippen LogP contribution in [-0.4, -0.2) is 22.4 Å². The van der Waals surface area contributed by atoms with Gasteiger partial charge in [-0.25, -0.2) is 4.39 Å². The summed E-state index contributed by atoms with van der Waals surface area (Å²) in [5, 5.41) is 0. The Balaban J connectivity index is 2.45. The SMILES string of the molecule is Cc1ccc(C2C(N)CC(=O)N2C(C)(C)C)cc1F. The van der Waals surface area contributed by atoms with E-state index in [1.165, 1.54) is 6.07 Å². The molecule has 0 bridgehead atoms. The van der Waals surface area contributed by atoms with Gasteiger partial charge in [-0.15, -0.1) is 0 Å².